The standard InChI is InChI=1S/C14H13NO5/c1-8-4-9(2)13(10(3)12(8)5-15-17)18-6-11-7-19-14(16)20-11/h4,7H,6H2,1-3H3. The number of hydrogen-bond donors (Lipinski definition) is 0. The van der Waals surface area contributed by atoms with E-state index in [2.05, 4.69) is 15.5 Å². The Bertz CT molecular complexity index is 745. The van der Waals surface area contributed by atoms with Crippen molar-refractivity contribution in [2.75, 3.05) is 0 Å². The van der Waals surface area contributed by atoms with Crippen LogP contribution in [-0.4, -0.2) is 0 Å². The number of hydrogen-bond acceptors (Lipinski definition) is 5. The molecule has 0 spiro atoms. The van der Waals surface area contributed by atoms with Crippen LogP contribution in [0.15, 0.2) is 26.0 Å². The summed E-state index contributed by atoms with van der Waals surface area (Å²) in [7, 11) is 0. The number of aryl methyl sites for hydroxylation is 2. The SMILES string of the molecule is Cc1cc(C)c(OCc2coc(=O)o2)c(C)c1C#[N+][O-]. The zero-order valence-electron chi connectivity index (χ0n) is 11.4. The molecule has 1 aromatic heterocycles. The summed E-state index contributed by atoms with van der Waals surface area (Å²) in [5.41, 5.74) is 3.16. The lowest BCUT2D eigenvalue weighted by molar-refractivity contribution is 0.259. The Hall–Kier alpha value is -2.68. The lowest BCUT2D eigenvalue weighted by Gasteiger charge is -2.12. The maximum Gasteiger partial charge on any atom is 0.518 e. The van der Waals surface area contributed by atoms with Crippen LogP contribution in [0.2, 0.25) is 0 Å². The molecule has 0 radical (unpaired) electrons. The van der Waals surface area contributed by atoms with Gasteiger partial charge in [0.2, 0.25) is 0 Å². The van der Waals surface area contributed by atoms with Crippen LogP contribution in [0.3, 0.4) is 0 Å². The average molecular weight is 275 g/mol. The molecule has 0 bridgehead atoms. The largest absolute Gasteiger partial charge is 0.518 e. The van der Waals surface area contributed by atoms with Crippen molar-refractivity contribution in [2.24, 2.45) is 0 Å². The fourth-order valence-corrected chi connectivity index (χ4v) is 2.08. The van der Waals surface area contributed by atoms with Gasteiger partial charge in [-0.15, -0.1) is 0 Å². The Labute approximate surface area is 115 Å². The van der Waals surface area contributed by atoms with Gasteiger partial charge in [0, 0.05) is 10.6 Å². The molecule has 0 atom stereocenters. The van der Waals surface area contributed by atoms with E-state index in [0.717, 1.165) is 16.7 Å². The molecular weight excluding hydrogens is 262 g/mol. The molecule has 0 saturated carbocycles. The number of rotatable bonds is 3. The molecule has 1 heterocycles. The van der Waals surface area contributed by atoms with E-state index in [1.165, 1.54) is 6.26 Å². The predicted molar refractivity (Wildman–Crippen MR) is 71.9 cm³/mol. The van der Waals surface area contributed by atoms with Crippen LogP contribution >= 0.6 is 0 Å². The molecular formula is C14H13NO5. The summed E-state index contributed by atoms with van der Waals surface area (Å²) in [6.45, 7) is 5.63. The van der Waals surface area contributed by atoms with Crippen LogP contribution in [0.1, 0.15) is 28.0 Å². The third-order valence-corrected chi connectivity index (χ3v) is 2.92. The molecule has 0 fully saturated rings. The van der Waals surface area contributed by atoms with Crippen molar-refractivity contribution in [1.82, 2.24) is 0 Å². The molecule has 0 unspecified atom stereocenters. The van der Waals surface area contributed by atoms with Gasteiger partial charge in [0.05, 0.1) is 0 Å². The van der Waals surface area contributed by atoms with Gasteiger partial charge in [0.25, 0.3) is 0 Å². The summed E-state index contributed by atoms with van der Waals surface area (Å²) in [4.78, 5) is 10.8. The summed E-state index contributed by atoms with van der Waals surface area (Å²) in [5.74, 6) is 0.122. The highest BCUT2D eigenvalue weighted by Crippen LogP contribution is 2.29. The van der Waals surface area contributed by atoms with Crippen LogP contribution in [0.4, 0.5) is 0 Å². The second-order valence-electron chi connectivity index (χ2n) is 4.39. The minimum atomic E-state index is -0.770. The minimum absolute atomic E-state index is 0.0600. The number of ether oxygens (including phenoxy) is 1. The van der Waals surface area contributed by atoms with Crippen molar-refractivity contribution in [3.05, 3.63) is 61.2 Å². The van der Waals surface area contributed by atoms with Crippen LogP contribution < -0.4 is 10.6 Å². The van der Waals surface area contributed by atoms with Crippen molar-refractivity contribution >= 4 is 0 Å². The van der Waals surface area contributed by atoms with Gasteiger partial charge in [0.15, 0.2) is 5.76 Å². The molecule has 0 aliphatic rings. The Morgan fingerprint density at radius 3 is 2.70 bits per heavy atom. The normalized spacial score (nSPS) is 9.95. The van der Waals surface area contributed by atoms with Gasteiger partial charge in [-0.1, -0.05) is 6.07 Å². The molecule has 0 aliphatic heterocycles. The number of nitrogens with zero attached hydrogens (tertiary/aromatic N) is 1. The predicted octanol–water partition coefficient (Wildman–Crippen LogP) is 2.92. The van der Waals surface area contributed by atoms with E-state index in [9.17, 15) is 10.0 Å². The third kappa shape index (κ3) is 2.67. The van der Waals surface area contributed by atoms with Gasteiger partial charge in [-0.3, -0.25) is 0 Å². The molecule has 0 aliphatic carbocycles. The molecule has 2 rings (SSSR count). The maximum absolute atomic E-state index is 10.8. The fourth-order valence-electron chi connectivity index (χ4n) is 2.08. The van der Waals surface area contributed by atoms with E-state index in [0.29, 0.717) is 11.3 Å². The highest BCUT2D eigenvalue weighted by Gasteiger charge is 2.15. The zero-order chi connectivity index (χ0) is 14.7. The van der Waals surface area contributed by atoms with E-state index in [-0.39, 0.29) is 12.4 Å². The highest BCUT2D eigenvalue weighted by atomic mass is 16.6. The molecule has 20 heavy (non-hydrogen) atoms. The van der Waals surface area contributed by atoms with E-state index < -0.39 is 5.82 Å². The van der Waals surface area contributed by atoms with Gasteiger partial charge in [-0.2, -0.15) is 0 Å². The molecule has 0 saturated heterocycles. The first-order valence-corrected chi connectivity index (χ1v) is 5.92. The van der Waals surface area contributed by atoms with Crippen molar-refractivity contribution < 1.29 is 13.6 Å². The van der Waals surface area contributed by atoms with E-state index in [4.69, 9.17) is 9.15 Å². The third-order valence-electron chi connectivity index (χ3n) is 2.92. The lowest BCUT2D eigenvalue weighted by atomic mass is 9.99. The Morgan fingerprint density at radius 2 is 2.10 bits per heavy atom. The summed E-state index contributed by atoms with van der Waals surface area (Å²) in [5, 5.41) is 13.1. The first-order valence-electron chi connectivity index (χ1n) is 5.92. The van der Waals surface area contributed by atoms with Gasteiger partial charge >= 0.3 is 11.9 Å². The molecule has 1 aromatic carbocycles. The monoisotopic (exact) mass is 275 g/mol. The van der Waals surface area contributed by atoms with Crippen LogP contribution in [0, 0.1) is 32.0 Å². The highest BCUT2D eigenvalue weighted by molar-refractivity contribution is 5.55. The smallest absolute Gasteiger partial charge is 0.498 e. The summed E-state index contributed by atoms with van der Waals surface area (Å²) in [6, 6.07) is 4.29. The van der Waals surface area contributed by atoms with Crippen LogP contribution in [0.5, 0.6) is 5.75 Å². The quantitative estimate of drug-likeness (QED) is 0.804. The molecule has 6 nitrogen and oxygen atoms in total. The summed E-state index contributed by atoms with van der Waals surface area (Å²) in [6.07, 6.45) is 1.20. The molecule has 6 heteroatoms. The number of benzene rings is 1. The van der Waals surface area contributed by atoms with Crippen molar-refractivity contribution in [3.8, 4) is 11.8 Å². The average Bonchev–Trinajstić information content (AvgIpc) is 2.80. The maximum atomic E-state index is 10.8. The summed E-state index contributed by atoms with van der Waals surface area (Å²) >= 11 is 0. The first-order chi connectivity index (χ1) is 9.52. The molecule has 2 aromatic rings. The van der Waals surface area contributed by atoms with Gasteiger partial charge in [-0.05, 0) is 31.9 Å². The summed E-state index contributed by atoms with van der Waals surface area (Å²) < 4.78 is 14.9. The van der Waals surface area contributed by atoms with Crippen molar-refractivity contribution in [2.45, 2.75) is 27.4 Å². The Morgan fingerprint density at radius 1 is 1.35 bits per heavy atom. The molecule has 104 valence electrons. The molecule has 0 amide bonds. The second-order valence-corrected chi connectivity index (χ2v) is 4.39. The fraction of sp³-hybridized carbons (Fsp3) is 0.286. The second kappa shape index (κ2) is 5.53. The van der Waals surface area contributed by atoms with Gasteiger partial charge in [0.1, 0.15) is 24.2 Å². The van der Waals surface area contributed by atoms with Crippen molar-refractivity contribution in [1.29, 1.82) is 0 Å². The van der Waals surface area contributed by atoms with Gasteiger partial charge in [-0.25, -0.2) is 4.79 Å². The topological polar surface area (TPSA) is 80.0 Å². The van der Waals surface area contributed by atoms with Crippen LogP contribution in [-0.2, 0) is 6.61 Å². The Kier molecular flexibility index (Phi) is 3.80. The lowest BCUT2D eigenvalue weighted by Crippen LogP contribution is -2.01. The van der Waals surface area contributed by atoms with Crippen LogP contribution in [0.25, 0.3) is 5.01 Å². The molecule has 0 N–H and O–H groups in total. The van der Waals surface area contributed by atoms with E-state index in [1.54, 1.807) is 0 Å². The van der Waals surface area contributed by atoms with E-state index in [1.807, 2.05) is 26.8 Å². The Balaban J connectivity index is 2.33. The minimum Gasteiger partial charge on any atom is -0.498 e. The zero-order valence-corrected chi connectivity index (χ0v) is 11.4. The first kappa shape index (κ1) is 13.7. The van der Waals surface area contributed by atoms with Crippen molar-refractivity contribution in [3.63, 3.8) is 0 Å². The van der Waals surface area contributed by atoms with Gasteiger partial charge < -0.3 is 18.8 Å². The van der Waals surface area contributed by atoms with E-state index >= 15 is 0 Å².